The highest BCUT2D eigenvalue weighted by Crippen LogP contribution is 2.46. The molecular weight excluding hydrogens is 671 g/mol. The van der Waals surface area contributed by atoms with E-state index in [-0.39, 0.29) is 38.5 Å². The van der Waals surface area contributed by atoms with Crippen LogP contribution in [0.1, 0.15) is 75.3 Å². The fraction of sp³-hybridized carbons (Fsp3) is 0.618. The monoisotopic (exact) mass is 714 g/mol. The molecule has 5 atom stereocenters. The van der Waals surface area contributed by atoms with Gasteiger partial charge in [0.1, 0.15) is 29.5 Å². The molecule has 1 aromatic carbocycles. The van der Waals surface area contributed by atoms with E-state index in [1.54, 1.807) is 17.0 Å². The number of carbonyl (C=O) groups excluding carboxylic acids is 5. The molecule has 2 aliphatic carbocycles. The number of fused-ring (bicyclic) bond motifs is 3. The number of nitrogens with one attached hydrogen (secondary N) is 3. The molecule has 6 aliphatic rings. The smallest absolute Gasteiger partial charge is 0.410 e. The lowest BCUT2D eigenvalue weighted by Crippen LogP contribution is -2.59. The molecule has 1 aromatic rings. The van der Waals surface area contributed by atoms with Gasteiger partial charge in [-0.1, -0.05) is 37.1 Å². The first kappa shape index (κ1) is 34.2. The molecule has 0 aromatic heterocycles. The molecule has 0 spiro atoms. The van der Waals surface area contributed by atoms with Crippen molar-refractivity contribution >= 4 is 39.9 Å². The molecule has 0 radical (unpaired) electrons. The maximum atomic E-state index is 14.4. The number of allylic oxidation sites excluding steroid dienone is 1. The van der Waals surface area contributed by atoms with Crippen molar-refractivity contribution in [1.82, 2.24) is 30.1 Å². The number of sulfonamides is 1. The van der Waals surface area contributed by atoms with E-state index in [1.807, 2.05) is 12.2 Å². The molecule has 4 aliphatic heterocycles. The number of hydrogen-bond acceptors (Lipinski definition) is 8. The van der Waals surface area contributed by atoms with Crippen LogP contribution in [-0.2, 0) is 42.2 Å². The number of carbonyl (C=O) groups is 5. The van der Waals surface area contributed by atoms with Gasteiger partial charge in [-0.05, 0) is 56.6 Å². The van der Waals surface area contributed by atoms with Gasteiger partial charge in [0.05, 0.1) is 18.3 Å². The number of halogens is 1. The summed E-state index contributed by atoms with van der Waals surface area (Å²) < 4.78 is 47.8. The molecule has 4 fully saturated rings. The van der Waals surface area contributed by atoms with E-state index in [2.05, 4.69) is 15.4 Å². The van der Waals surface area contributed by atoms with Crippen molar-refractivity contribution in [3.8, 4) is 0 Å². The number of rotatable bonds is 5. The largest absolute Gasteiger partial charge is 0.444 e. The average molecular weight is 715 g/mol. The second kappa shape index (κ2) is 13.5. The summed E-state index contributed by atoms with van der Waals surface area (Å²) in [6.07, 6.45) is 7.20. The molecule has 270 valence electrons. The van der Waals surface area contributed by atoms with Gasteiger partial charge in [0.15, 0.2) is 0 Å². The second-order valence-electron chi connectivity index (χ2n) is 14.3. The van der Waals surface area contributed by atoms with Crippen molar-refractivity contribution in [3.63, 3.8) is 0 Å². The topological polar surface area (TPSA) is 175 Å². The lowest BCUT2D eigenvalue weighted by atomic mass is 10.0. The van der Waals surface area contributed by atoms with Gasteiger partial charge in [0, 0.05) is 37.5 Å². The summed E-state index contributed by atoms with van der Waals surface area (Å²) in [5, 5.41) is 5.02. The fourth-order valence-electron chi connectivity index (χ4n) is 7.33. The predicted octanol–water partition coefficient (Wildman–Crippen LogP) is 2.03. The number of likely N-dealkylation sites (tertiary alicyclic amines) is 1. The normalized spacial score (nSPS) is 30.4. The van der Waals surface area contributed by atoms with Crippen LogP contribution in [0.2, 0.25) is 0 Å². The van der Waals surface area contributed by atoms with Crippen LogP contribution in [0.4, 0.5) is 14.0 Å². The molecule has 2 saturated heterocycles. The molecule has 4 heterocycles. The van der Waals surface area contributed by atoms with E-state index in [0.717, 1.165) is 19.3 Å². The molecule has 6 amide bonds. The van der Waals surface area contributed by atoms with E-state index in [4.69, 9.17) is 4.74 Å². The summed E-state index contributed by atoms with van der Waals surface area (Å²) in [5.74, 6) is -2.90. The van der Waals surface area contributed by atoms with E-state index >= 15 is 0 Å². The average Bonchev–Trinajstić information content (AvgIpc) is 3.93. The van der Waals surface area contributed by atoms with Crippen molar-refractivity contribution in [3.05, 3.63) is 47.3 Å². The summed E-state index contributed by atoms with van der Waals surface area (Å²) in [7, 11) is -3.90. The van der Waals surface area contributed by atoms with Crippen molar-refractivity contribution < 1.29 is 41.5 Å². The Morgan fingerprint density at radius 2 is 1.80 bits per heavy atom. The van der Waals surface area contributed by atoms with Crippen LogP contribution < -0.4 is 15.4 Å². The molecule has 14 nitrogen and oxygen atoms in total. The van der Waals surface area contributed by atoms with Gasteiger partial charge >= 0.3 is 12.1 Å². The Kier molecular flexibility index (Phi) is 9.24. The maximum Gasteiger partial charge on any atom is 0.410 e. The van der Waals surface area contributed by atoms with Gasteiger partial charge in [-0.3, -0.25) is 24.0 Å². The molecule has 3 N–H and O–H groups in total. The SMILES string of the molecule is O=C1N[C@]2(C(=O)NS(=O)(=O)C3CC3)C[C@H]2/C=C\CCCCC[C@H](NC(=O)N2CCC2)C(=O)N2C[C@H](OC(=O)N3Cc4cccc(F)c4C3)C[C@@H]12. The van der Waals surface area contributed by atoms with Crippen molar-refractivity contribution in [1.29, 1.82) is 0 Å². The predicted molar refractivity (Wildman–Crippen MR) is 176 cm³/mol. The fourth-order valence-corrected chi connectivity index (χ4v) is 8.70. The van der Waals surface area contributed by atoms with Crippen LogP contribution >= 0.6 is 0 Å². The molecule has 2 saturated carbocycles. The van der Waals surface area contributed by atoms with Gasteiger partial charge < -0.3 is 25.2 Å². The van der Waals surface area contributed by atoms with Crippen molar-refractivity contribution in [2.24, 2.45) is 5.92 Å². The van der Waals surface area contributed by atoms with Crippen molar-refractivity contribution in [2.75, 3.05) is 19.6 Å². The summed E-state index contributed by atoms with van der Waals surface area (Å²) in [5.41, 5.74) is -0.466. The minimum atomic E-state index is -3.90. The Bertz CT molecular complexity index is 1710. The highest BCUT2D eigenvalue weighted by atomic mass is 32.2. The van der Waals surface area contributed by atoms with E-state index in [1.165, 1.54) is 15.9 Å². The molecule has 16 heteroatoms. The molecule has 7 rings (SSSR count). The Morgan fingerprint density at radius 3 is 2.52 bits per heavy atom. The third-order valence-electron chi connectivity index (χ3n) is 10.7. The second-order valence-corrected chi connectivity index (χ2v) is 16.3. The first-order valence-corrected chi connectivity index (χ1v) is 19.1. The summed E-state index contributed by atoms with van der Waals surface area (Å²) in [4.78, 5) is 72.6. The molecular formula is C34H43FN6O8S. The van der Waals surface area contributed by atoms with Gasteiger partial charge in [0.25, 0.3) is 5.91 Å². The van der Waals surface area contributed by atoms with Gasteiger partial charge in [-0.2, -0.15) is 0 Å². The summed E-state index contributed by atoms with van der Waals surface area (Å²) >= 11 is 0. The quantitative estimate of drug-likeness (QED) is 0.389. The Balaban J connectivity index is 1.13. The van der Waals surface area contributed by atoms with Crippen LogP contribution in [0.3, 0.4) is 0 Å². The molecule has 0 bridgehead atoms. The van der Waals surface area contributed by atoms with Crippen LogP contribution in [0.5, 0.6) is 0 Å². The lowest BCUT2D eigenvalue weighted by molar-refractivity contribution is -0.141. The number of amides is 6. The number of urea groups is 1. The van der Waals surface area contributed by atoms with E-state index < -0.39 is 74.5 Å². The Labute approximate surface area is 290 Å². The minimum absolute atomic E-state index is 0.0149. The minimum Gasteiger partial charge on any atom is -0.444 e. The highest BCUT2D eigenvalue weighted by molar-refractivity contribution is 7.91. The third-order valence-corrected chi connectivity index (χ3v) is 12.6. The van der Waals surface area contributed by atoms with E-state index in [0.29, 0.717) is 56.3 Å². The standard InChI is InChI=1S/C34H43FN6O8S/c35-26-10-6-8-21-18-40(20-25(21)26)33(46)49-23-16-28-29(42)37-34(31(44)38-50(47,48)24-12-13-24)17-22(34)9-4-2-1-3-5-11-27(30(43)41(28)19-23)36-32(45)39-14-7-15-39/h4,6,8-10,22-24,27-28H,1-3,5,7,11-20H2,(H,36,45)(H,37,42)(H,38,44)/b9-4-/t22-,23-,27+,28+,34-/m1/s1. The number of hydrogen-bond donors (Lipinski definition) is 3. The lowest BCUT2D eigenvalue weighted by Gasteiger charge is -2.34. The van der Waals surface area contributed by atoms with Crippen LogP contribution in [0.25, 0.3) is 0 Å². The third kappa shape index (κ3) is 6.90. The summed E-state index contributed by atoms with van der Waals surface area (Å²) in [6, 6.07) is 2.13. The van der Waals surface area contributed by atoms with Gasteiger partial charge in [0.2, 0.25) is 21.8 Å². The number of nitrogens with zero attached hydrogens (tertiary/aromatic N) is 3. The van der Waals surface area contributed by atoms with Crippen molar-refractivity contribution in [2.45, 2.75) is 106 Å². The van der Waals surface area contributed by atoms with Gasteiger partial charge in [-0.25, -0.2) is 22.4 Å². The first-order chi connectivity index (χ1) is 23.9. The van der Waals surface area contributed by atoms with Gasteiger partial charge in [-0.15, -0.1) is 0 Å². The maximum absolute atomic E-state index is 14.4. The Morgan fingerprint density at radius 1 is 1.00 bits per heavy atom. The number of benzene rings is 1. The van der Waals surface area contributed by atoms with Crippen LogP contribution in [0.15, 0.2) is 30.4 Å². The van der Waals surface area contributed by atoms with E-state index in [9.17, 15) is 36.8 Å². The molecule has 0 unspecified atom stereocenters. The Hall–Kier alpha value is -4.21. The summed E-state index contributed by atoms with van der Waals surface area (Å²) in [6.45, 7) is 1.18. The number of ether oxygens (including phenoxy) is 1. The zero-order chi connectivity index (χ0) is 35.2. The van der Waals surface area contributed by atoms with Crippen LogP contribution in [-0.4, -0.2) is 102 Å². The zero-order valence-corrected chi connectivity index (χ0v) is 28.6. The first-order valence-electron chi connectivity index (χ1n) is 17.6. The highest BCUT2D eigenvalue weighted by Gasteiger charge is 2.62. The van der Waals surface area contributed by atoms with Crippen LogP contribution in [0, 0.1) is 11.7 Å². The molecule has 50 heavy (non-hydrogen) atoms. The zero-order valence-electron chi connectivity index (χ0n) is 27.8.